The highest BCUT2D eigenvalue weighted by Crippen LogP contribution is 2.32. The molecule has 0 atom stereocenters. The van der Waals surface area contributed by atoms with E-state index in [1.165, 1.54) is 34.2 Å². The molecular formula is C16H28N2S2. The maximum absolute atomic E-state index is 4.93. The zero-order valence-electron chi connectivity index (χ0n) is 13.5. The quantitative estimate of drug-likeness (QED) is 0.797. The van der Waals surface area contributed by atoms with Crippen LogP contribution in [0, 0.1) is 5.92 Å². The fraction of sp³-hybridized carbons (Fsp3) is 0.812. The van der Waals surface area contributed by atoms with E-state index in [4.69, 9.17) is 4.98 Å². The van der Waals surface area contributed by atoms with E-state index >= 15 is 0 Å². The van der Waals surface area contributed by atoms with Gasteiger partial charge in [0, 0.05) is 28.6 Å². The maximum atomic E-state index is 4.93. The van der Waals surface area contributed by atoms with E-state index in [-0.39, 0.29) is 5.41 Å². The van der Waals surface area contributed by atoms with Gasteiger partial charge in [0.05, 0.1) is 5.69 Å². The summed E-state index contributed by atoms with van der Waals surface area (Å²) in [6.07, 6.45) is 2.70. The molecule has 0 aromatic carbocycles. The Morgan fingerprint density at radius 3 is 2.60 bits per heavy atom. The zero-order valence-corrected chi connectivity index (χ0v) is 15.1. The van der Waals surface area contributed by atoms with Crippen molar-refractivity contribution in [1.29, 1.82) is 0 Å². The first-order chi connectivity index (χ1) is 9.36. The number of nitrogens with one attached hydrogen (secondary N) is 1. The normalized spacial score (nSPS) is 16.1. The second kappa shape index (κ2) is 6.80. The second-order valence-electron chi connectivity index (χ2n) is 7.19. The predicted molar refractivity (Wildman–Crippen MR) is 91.7 cm³/mol. The van der Waals surface area contributed by atoms with Gasteiger partial charge in [0.25, 0.3) is 0 Å². The van der Waals surface area contributed by atoms with E-state index in [2.05, 4.69) is 39.9 Å². The number of nitrogens with zero attached hydrogens (tertiary/aromatic N) is 1. The number of aromatic nitrogens is 1. The summed E-state index contributed by atoms with van der Waals surface area (Å²) in [6, 6.07) is 0.767. The van der Waals surface area contributed by atoms with Gasteiger partial charge >= 0.3 is 0 Å². The summed E-state index contributed by atoms with van der Waals surface area (Å²) in [5.74, 6) is 3.05. The van der Waals surface area contributed by atoms with Crippen molar-refractivity contribution in [3.63, 3.8) is 0 Å². The molecule has 0 spiro atoms. The Morgan fingerprint density at radius 1 is 1.35 bits per heavy atom. The van der Waals surface area contributed by atoms with Crippen LogP contribution in [0.25, 0.3) is 0 Å². The average molecular weight is 313 g/mol. The van der Waals surface area contributed by atoms with Gasteiger partial charge in [-0.2, -0.15) is 11.8 Å². The predicted octanol–water partition coefficient (Wildman–Crippen LogP) is 4.58. The molecule has 2 nitrogen and oxygen atoms in total. The number of hydrogen-bond donors (Lipinski definition) is 1. The van der Waals surface area contributed by atoms with E-state index in [0.29, 0.717) is 0 Å². The summed E-state index contributed by atoms with van der Waals surface area (Å²) < 4.78 is 0. The van der Waals surface area contributed by atoms with Gasteiger partial charge in [-0.05, 0) is 24.5 Å². The highest BCUT2D eigenvalue weighted by atomic mass is 32.2. The first-order valence-corrected chi connectivity index (χ1v) is 9.63. The van der Waals surface area contributed by atoms with Gasteiger partial charge in [-0.3, -0.25) is 0 Å². The van der Waals surface area contributed by atoms with Crippen LogP contribution >= 0.6 is 23.1 Å². The Kier molecular flexibility index (Phi) is 5.55. The highest BCUT2D eigenvalue weighted by molar-refractivity contribution is 7.98. The van der Waals surface area contributed by atoms with Crippen molar-refractivity contribution in [3.05, 3.63) is 15.6 Å². The Labute approximate surface area is 132 Å². The van der Waals surface area contributed by atoms with E-state index in [9.17, 15) is 0 Å². The van der Waals surface area contributed by atoms with E-state index < -0.39 is 0 Å². The lowest BCUT2D eigenvalue weighted by Gasteiger charge is -2.17. The minimum atomic E-state index is 0.151. The summed E-state index contributed by atoms with van der Waals surface area (Å²) in [5.41, 5.74) is 1.45. The monoisotopic (exact) mass is 312 g/mol. The number of rotatable bonds is 7. The molecule has 0 amide bonds. The lowest BCUT2D eigenvalue weighted by molar-refractivity contribution is 0.558. The molecule has 4 heteroatoms. The van der Waals surface area contributed by atoms with Crippen LogP contribution in [0.5, 0.6) is 0 Å². The molecule has 1 aliphatic rings. The van der Waals surface area contributed by atoms with Crippen LogP contribution in [-0.4, -0.2) is 16.8 Å². The minimum Gasteiger partial charge on any atom is -0.309 e. The summed E-state index contributed by atoms with van der Waals surface area (Å²) in [7, 11) is 0. The Hall–Kier alpha value is -0.0600. The van der Waals surface area contributed by atoms with Gasteiger partial charge in [0.2, 0.25) is 0 Å². The van der Waals surface area contributed by atoms with Crippen molar-refractivity contribution in [2.45, 2.75) is 71.2 Å². The molecule has 0 aliphatic heterocycles. The SMILES string of the molecule is CC(C)CSCc1nc(C(C)(C)C)c(CNC2CC2)s1. The van der Waals surface area contributed by atoms with Crippen LogP contribution in [0.15, 0.2) is 0 Å². The van der Waals surface area contributed by atoms with Crippen molar-refractivity contribution in [2.24, 2.45) is 5.92 Å². The molecule has 0 unspecified atom stereocenters. The van der Waals surface area contributed by atoms with Crippen LogP contribution in [0.1, 0.15) is 63.0 Å². The van der Waals surface area contributed by atoms with Crippen LogP contribution in [0.3, 0.4) is 0 Å². The van der Waals surface area contributed by atoms with Crippen LogP contribution in [0.4, 0.5) is 0 Å². The smallest absolute Gasteiger partial charge is 0.103 e. The molecule has 2 rings (SSSR count). The van der Waals surface area contributed by atoms with Crippen LogP contribution in [0.2, 0.25) is 0 Å². The maximum Gasteiger partial charge on any atom is 0.103 e. The summed E-state index contributed by atoms with van der Waals surface area (Å²) in [5, 5.41) is 4.94. The van der Waals surface area contributed by atoms with Gasteiger partial charge in [-0.1, -0.05) is 34.6 Å². The van der Waals surface area contributed by atoms with Crippen molar-refractivity contribution < 1.29 is 0 Å². The first-order valence-electron chi connectivity index (χ1n) is 7.66. The van der Waals surface area contributed by atoms with Crippen molar-refractivity contribution in [2.75, 3.05) is 5.75 Å². The Balaban J connectivity index is 2.01. The molecule has 1 aromatic rings. The fourth-order valence-electron chi connectivity index (χ4n) is 2.07. The number of thiazole rings is 1. The third-order valence-corrected chi connectivity index (χ3v) is 5.88. The molecule has 1 saturated carbocycles. The fourth-order valence-corrected chi connectivity index (χ4v) is 4.41. The summed E-state index contributed by atoms with van der Waals surface area (Å²) in [6.45, 7) is 12.4. The standard InChI is InChI=1S/C16H28N2S2/c1-11(2)9-19-10-14-18-15(16(3,4)5)13(20-14)8-17-12-6-7-12/h11-12,17H,6-10H2,1-5H3. The van der Waals surface area contributed by atoms with Crippen molar-refractivity contribution in [3.8, 4) is 0 Å². The highest BCUT2D eigenvalue weighted by Gasteiger charge is 2.25. The van der Waals surface area contributed by atoms with E-state index in [1.807, 2.05) is 23.1 Å². The first kappa shape index (κ1) is 16.3. The van der Waals surface area contributed by atoms with Crippen LogP contribution < -0.4 is 5.32 Å². The van der Waals surface area contributed by atoms with Gasteiger partial charge < -0.3 is 5.32 Å². The number of hydrogen-bond acceptors (Lipinski definition) is 4. The lowest BCUT2D eigenvalue weighted by atomic mass is 9.91. The van der Waals surface area contributed by atoms with Gasteiger partial charge in [0.1, 0.15) is 5.01 Å². The second-order valence-corrected chi connectivity index (χ2v) is 9.39. The lowest BCUT2D eigenvalue weighted by Crippen LogP contribution is -2.19. The molecule has 0 radical (unpaired) electrons. The molecule has 0 saturated heterocycles. The molecule has 1 fully saturated rings. The average Bonchev–Trinajstić information content (AvgIpc) is 3.05. The molecular weight excluding hydrogens is 284 g/mol. The van der Waals surface area contributed by atoms with Gasteiger partial charge in [0.15, 0.2) is 0 Å². The zero-order chi connectivity index (χ0) is 14.8. The molecule has 1 N–H and O–H groups in total. The largest absolute Gasteiger partial charge is 0.309 e. The molecule has 1 aliphatic carbocycles. The van der Waals surface area contributed by atoms with Crippen molar-refractivity contribution >= 4 is 23.1 Å². The molecule has 20 heavy (non-hydrogen) atoms. The van der Waals surface area contributed by atoms with Crippen molar-refractivity contribution in [1.82, 2.24) is 10.3 Å². The van der Waals surface area contributed by atoms with Gasteiger partial charge in [-0.15, -0.1) is 11.3 Å². The summed E-state index contributed by atoms with van der Waals surface area (Å²) in [4.78, 5) is 6.38. The summed E-state index contributed by atoms with van der Waals surface area (Å²) >= 11 is 3.92. The van der Waals surface area contributed by atoms with E-state index in [0.717, 1.165) is 24.3 Å². The van der Waals surface area contributed by atoms with Gasteiger partial charge in [-0.25, -0.2) is 4.98 Å². The van der Waals surface area contributed by atoms with Crippen LogP contribution in [-0.2, 0) is 17.7 Å². The molecule has 1 aromatic heterocycles. The topological polar surface area (TPSA) is 24.9 Å². The third kappa shape index (κ3) is 5.05. The number of thioether (sulfide) groups is 1. The Bertz CT molecular complexity index is 428. The molecule has 114 valence electrons. The third-order valence-electron chi connectivity index (χ3n) is 3.26. The van der Waals surface area contributed by atoms with E-state index in [1.54, 1.807) is 0 Å². The molecule has 0 bridgehead atoms. The Morgan fingerprint density at radius 2 is 2.05 bits per heavy atom. The minimum absolute atomic E-state index is 0.151. The molecule has 1 heterocycles.